The molecule has 1 aromatic rings. The van der Waals surface area contributed by atoms with Crippen LogP contribution in [0.15, 0.2) is 12.1 Å². The van der Waals surface area contributed by atoms with Crippen LogP contribution in [0.2, 0.25) is 0 Å². The molecule has 1 rings (SSSR count). The third kappa shape index (κ3) is 3.44. The number of ether oxygens (including phenoxy) is 3. The van der Waals surface area contributed by atoms with Crippen LogP contribution in [0.25, 0.3) is 0 Å². The van der Waals surface area contributed by atoms with E-state index in [-0.39, 0.29) is 0 Å². The Kier molecular flexibility index (Phi) is 5.10. The Morgan fingerprint density at radius 1 is 1.17 bits per heavy atom. The van der Waals surface area contributed by atoms with Crippen LogP contribution in [0.1, 0.15) is 5.56 Å². The molecule has 2 amide bonds. The zero-order chi connectivity index (χ0) is 13.5. The molecular weight excluding hydrogens is 236 g/mol. The molecular formula is C12H18N2O4. The SMILES string of the molecule is COc1cc(OC)c(CCNC(N)=O)c(OC)c1. The van der Waals surface area contributed by atoms with Crippen molar-refractivity contribution in [3.8, 4) is 17.2 Å². The first-order chi connectivity index (χ1) is 8.62. The average molecular weight is 254 g/mol. The molecule has 0 saturated heterocycles. The first-order valence-electron chi connectivity index (χ1n) is 5.44. The van der Waals surface area contributed by atoms with E-state index in [1.54, 1.807) is 33.5 Å². The van der Waals surface area contributed by atoms with E-state index >= 15 is 0 Å². The number of hydrogen-bond acceptors (Lipinski definition) is 4. The minimum Gasteiger partial charge on any atom is -0.496 e. The standard InChI is InChI=1S/C12H18N2O4/c1-16-8-6-10(17-2)9(11(7-8)18-3)4-5-14-12(13)15/h6-7H,4-5H2,1-3H3,(H3,13,14,15). The van der Waals surface area contributed by atoms with Crippen LogP contribution < -0.4 is 25.3 Å². The Bertz CT molecular complexity index is 396. The van der Waals surface area contributed by atoms with Crippen molar-refractivity contribution in [2.45, 2.75) is 6.42 Å². The van der Waals surface area contributed by atoms with Gasteiger partial charge in [0.25, 0.3) is 0 Å². The van der Waals surface area contributed by atoms with Gasteiger partial charge in [-0.2, -0.15) is 0 Å². The van der Waals surface area contributed by atoms with E-state index in [1.807, 2.05) is 0 Å². The second kappa shape index (κ2) is 6.58. The zero-order valence-corrected chi connectivity index (χ0v) is 10.8. The second-order valence-electron chi connectivity index (χ2n) is 3.55. The smallest absolute Gasteiger partial charge is 0.312 e. The monoisotopic (exact) mass is 254 g/mol. The maximum atomic E-state index is 10.6. The summed E-state index contributed by atoms with van der Waals surface area (Å²) in [6.07, 6.45) is 0.555. The normalized spacial score (nSPS) is 9.72. The molecule has 0 aliphatic heterocycles. The number of methoxy groups -OCH3 is 3. The van der Waals surface area contributed by atoms with Crippen molar-refractivity contribution < 1.29 is 19.0 Å². The molecule has 0 atom stereocenters. The topological polar surface area (TPSA) is 82.8 Å². The van der Waals surface area contributed by atoms with Gasteiger partial charge in [0.1, 0.15) is 17.2 Å². The lowest BCUT2D eigenvalue weighted by molar-refractivity contribution is 0.249. The largest absolute Gasteiger partial charge is 0.496 e. The lowest BCUT2D eigenvalue weighted by Crippen LogP contribution is -2.31. The van der Waals surface area contributed by atoms with Gasteiger partial charge < -0.3 is 25.3 Å². The highest BCUT2D eigenvalue weighted by molar-refractivity contribution is 5.71. The highest BCUT2D eigenvalue weighted by Crippen LogP contribution is 2.34. The van der Waals surface area contributed by atoms with E-state index in [4.69, 9.17) is 19.9 Å². The molecule has 0 radical (unpaired) electrons. The highest BCUT2D eigenvalue weighted by Gasteiger charge is 2.12. The molecule has 0 saturated carbocycles. The summed E-state index contributed by atoms with van der Waals surface area (Å²) in [4.78, 5) is 10.6. The van der Waals surface area contributed by atoms with Gasteiger partial charge in [0.05, 0.1) is 21.3 Å². The molecule has 3 N–H and O–H groups in total. The van der Waals surface area contributed by atoms with E-state index in [9.17, 15) is 4.79 Å². The summed E-state index contributed by atoms with van der Waals surface area (Å²) in [5, 5.41) is 2.52. The highest BCUT2D eigenvalue weighted by atomic mass is 16.5. The molecule has 0 heterocycles. The fraction of sp³-hybridized carbons (Fsp3) is 0.417. The van der Waals surface area contributed by atoms with Crippen LogP contribution in [0.3, 0.4) is 0 Å². The van der Waals surface area contributed by atoms with Gasteiger partial charge in [-0.05, 0) is 6.42 Å². The van der Waals surface area contributed by atoms with Crippen molar-refractivity contribution in [3.05, 3.63) is 17.7 Å². The van der Waals surface area contributed by atoms with Crippen LogP contribution in [-0.2, 0) is 6.42 Å². The number of primary amides is 1. The number of hydrogen-bond donors (Lipinski definition) is 2. The fourth-order valence-electron chi connectivity index (χ4n) is 1.63. The number of carbonyl (C=O) groups excluding carboxylic acids is 1. The summed E-state index contributed by atoms with van der Waals surface area (Å²) >= 11 is 0. The number of urea groups is 1. The van der Waals surface area contributed by atoms with Crippen LogP contribution in [-0.4, -0.2) is 33.9 Å². The van der Waals surface area contributed by atoms with E-state index < -0.39 is 6.03 Å². The fourth-order valence-corrected chi connectivity index (χ4v) is 1.63. The molecule has 0 bridgehead atoms. The summed E-state index contributed by atoms with van der Waals surface area (Å²) < 4.78 is 15.7. The number of nitrogens with two attached hydrogens (primary N) is 1. The summed E-state index contributed by atoms with van der Waals surface area (Å²) in [7, 11) is 4.71. The third-order valence-electron chi connectivity index (χ3n) is 2.49. The predicted octanol–water partition coefficient (Wildman–Crippen LogP) is 0.923. The molecule has 0 aliphatic carbocycles. The van der Waals surface area contributed by atoms with Crippen LogP contribution >= 0.6 is 0 Å². The van der Waals surface area contributed by atoms with E-state index in [1.165, 1.54) is 0 Å². The molecule has 6 heteroatoms. The number of amides is 2. The molecule has 6 nitrogen and oxygen atoms in total. The number of rotatable bonds is 6. The summed E-state index contributed by atoms with van der Waals surface area (Å²) in [6, 6.07) is 2.98. The lowest BCUT2D eigenvalue weighted by atomic mass is 10.1. The first kappa shape index (κ1) is 14.0. The van der Waals surface area contributed by atoms with Crippen LogP contribution in [0.5, 0.6) is 17.2 Å². The maximum absolute atomic E-state index is 10.6. The molecule has 0 fully saturated rings. The molecule has 100 valence electrons. The van der Waals surface area contributed by atoms with Gasteiger partial charge in [-0.25, -0.2) is 4.79 Å². The molecule has 0 aliphatic rings. The summed E-state index contributed by atoms with van der Waals surface area (Å²) in [5.41, 5.74) is 5.87. The quantitative estimate of drug-likeness (QED) is 0.791. The van der Waals surface area contributed by atoms with Crippen molar-refractivity contribution in [2.75, 3.05) is 27.9 Å². The van der Waals surface area contributed by atoms with Crippen molar-refractivity contribution in [3.63, 3.8) is 0 Å². The van der Waals surface area contributed by atoms with Gasteiger partial charge in [0.2, 0.25) is 0 Å². The van der Waals surface area contributed by atoms with Gasteiger partial charge in [0, 0.05) is 24.2 Å². The van der Waals surface area contributed by atoms with Crippen molar-refractivity contribution in [1.82, 2.24) is 5.32 Å². The molecule has 0 unspecified atom stereocenters. The van der Waals surface area contributed by atoms with Gasteiger partial charge in [0.15, 0.2) is 0 Å². The summed E-state index contributed by atoms with van der Waals surface area (Å²) in [6.45, 7) is 0.411. The summed E-state index contributed by atoms with van der Waals surface area (Å²) in [5.74, 6) is 1.95. The Morgan fingerprint density at radius 2 is 1.72 bits per heavy atom. The van der Waals surface area contributed by atoms with Gasteiger partial charge in [-0.15, -0.1) is 0 Å². The van der Waals surface area contributed by atoms with E-state index in [2.05, 4.69) is 5.32 Å². The van der Waals surface area contributed by atoms with Crippen LogP contribution in [0.4, 0.5) is 4.79 Å². The lowest BCUT2D eigenvalue weighted by Gasteiger charge is -2.15. The van der Waals surface area contributed by atoms with E-state index in [0.29, 0.717) is 30.2 Å². The zero-order valence-electron chi connectivity index (χ0n) is 10.8. The number of nitrogens with one attached hydrogen (secondary N) is 1. The molecule has 18 heavy (non-hydrogen) atoms. The second-order valence-corrected chi connectivity index (χ2v) is 3.55. The Balaban J connectivity index is 2.95. The Hall–Kier alpha value is -2.11. The predicted molar refractivity (Wildman–Crippen MR) is 67.4 cm³/mol. The minimum absolute atomic E-state index is 0.411. The maximum Gasteiger partial charge on any atom is 0.312 e. The molecule has 0 aromatic heterocycles. The first-order valence-corrected chi connectivity index (χ1v) is 5.44. The van der Waals surface area contributed by atoms with Crippen molar-refractivity contribution >= 4 is 6.03 Å². The van der Waals surface area contributed by atoms with Crippen molar-refractivity contribution in [2.24, 2.45) is 5.73 Å². The molecule has 1 aromatic carbocycles. The Morgan fingerprint density at radius 3 is 2.11 bits per heavy atom. The van der Waals surface area contributed by atoms with Gasteiger partial charge >= 0.3 is 6.03 Å². The Labute approximate surface area is 106 Å². The van der Waals surface area contributed by atoms with Crippen molar-refractivity contribution in [1.29, 1.82) is 0 Å². The van der Waals surface area contributed by atoms with E-state index in [0.717, 1.165) is 5.56 Å². The van der Waals surface area contributed by atoms with Gasteiger partial charge in [-0.1, -0.05) is 0 Å². The number of benzene rings is 1. The minimum atomic E-state index is -0.554. The van der Waals surface area contributed by atoms with Crippen LogP contribution in [0, 0.1) is 0 Å². The third-order valence-corrected chi connectivity index (χ3v) is 2.49. The van der Waals surface area contributed by atoms with Gasteiger partial charge in [-0.3, -0.25) is 0 Å². The molecule has 0 spiro atoms. The number of carbonyl (C=O) groups is 1. The average Bonchev–Trinajstić information content (AvgIpc) is 2.37.